The molecule has 1 saturated carbocycles. The van der Waals surface area contributed by atoms with Gasteiger partial charge in [-0.25, -0.2) is 17.6 Å². The van der Waals surface area contributed by atoms with Gasteiger partial charge < -0.3 is 0 Å². The minimum absolute atomic E-state index is 0.421. The smallest absolute Gasteiger partial charge is 0.176 e. The zero-order valence-corrected chi connectivity index (χ0v) is 11.3. The van der Waals surface area contributed by atoms with Crippen molar-refractivity contribution in [3.8, 4) is 0 Å². The van der Waals surface area contributed by atoms with Crippen LogP contribution in [-0.4, -0.2) is 0 Å². The lowest BCUT2D eigenvalue weighted by atomic mass is 9.90. The Morgan fingerprint density at radius 1 is 0.722 bits per heavy atom. The first-order chi connectivity index (χ1) is 8.54. The van der Waals surface area contributed by atoms with Gasteiger partial charge in [-0.2, -0.15) is 0 Å². The molecular weight excluding hydrogens is 312 g/mol. The number of benzene rings is 1. The summed E-state index contributed by atoms with van der Waals surface area (Å²) in [4.78, 5) is 0. The first-order valence-corrected chi connectivity index (χ1v) is 6.84. The van der Waals surface area contributed by atoms with Crippen LogP contribution in [0, 0.1) is 23.3 Å². The monoisotopic (exact) mass is 324 g/mol. The molecule has 1 aliphatic carbocycles. The van der Waals surface area contributed by atoms with Gasteiger partial charge in [-0.3, -0.25) is 0 Å². The average molecular weight is 325 g/mol. The van der Waals surface area contributed by atoms with Gasteiger partial charge >= 0.3 is 0 Å². The second kappa shape index (κ2) is 5.59. The standard InChI is InChI=1S/C13H13BrF4/c14-9-12(17)10(15)8(11(16)13(9)18)7-5-3-1-2-4-6-7/h7H,1-6H2. The maximum atomic E-state index is 13.8. The van der Waals surface area contributed by atoms with Crippen LogP contribution in [0.15, 0.2) is 4.47 Å². The summed E-state index contributed by atoms with van der Waals surface area (Å²) < 4.78 is 53.8. The molecule has 0 N–H and O–H groups in total. The van der Waals surface area contributed by atoms with Crippen LogP contribution >= 0.6 is 15.9 Å². The van der Waals surface area contributed by atoms with Gasteiger partial charge in [0.2, 0.25) is 0 Å². The Kier molecular flexibility index (Phi) is 4.30. The summed E-state index contributed by atoms with van der Waals surface area (Å²) in [5.74, 6) is -5.62. The average Bonchev–Trinajstić information content (AvgIpc) is 2.63. The zero-order valence-electron chi connectivity index (χ0n) is 9.71. The zero-order chi connectivity index (χ0) is 13.3. The molecule has 0 amide bonds. The van der Waals surface area contributed by atoms with Crippen LogP contribution in [0.1, 0.15) is 50.0 Å². The lowest BCUT2D eigenvalue weighted by Gasteiger charge is -2.17. The summed E-state index contributed by atoms with van der Waals surface area (Å²) in [5.41, 5.74) is -0.421. The third kappa shape index (κ3) is 2.42. The van der Waals surface area contributed by atoms with Crippen molar-refractivity contribution in [3.05, 3.63) is 33.3 Å². The van der Waals surface area contributed by atoms with Gasteiger partial charge in [-0.1, -0.05) is 25.7 Å². The van der Waals surface area contributed by atoms with E-state index in [1.165, 1.54) is 0 Å². The first-order valence-electron chi connectivity index (χ1n) is 6.05. The minimum atomic E-state index is -1.34. The third-order valence-corrected chi connectivity index (χ3v) is 4.20. The van der Waals surface area contributed by atoms with Gasteiger partial charge in [-0.05, 0) is 34.7 Å². The van der Waals surface area contributed by atoms with Crippen molar-refractivity contribution in [1.29, 1.82) is 0 Å². The molecule has 0 unspecified atom stereocenters. The van der Waals surface area contributed by atoms with Crippen molar-refractivity contribution in [1.82, 2.24) is 0 Å². The fourth-order valence-corrected chi connectivity index (χ4v) is 2.90. The highest BCUT2D eigenvalue weighted by Gasteiger charge is 2.29. The molecular formula is C13H13BrF4. The quantitative estimate of drug-likeness (QED) is 0.279. The van der Waals surface area contributed by atoms with Gasteiger partial charge in [0.05, 0.1) is 4.47 Å². The summed E-state index contributed by atoms with van der Waals surface area (Å²) in [6.07, 6.45) is 4.83. The van der Waals surface area contributed by atoms with Crippen molar-refractivity contribution < 1.29 is 17.6 Å². The number of hydrogen-bond acceptors (Lipinski definition) is 0. The Labute approximate surface area is 112 Å². The van der Waals surface area contributed by atoms with E-state index in [1.807, 2.05) is 0 Å². The Morgan fingerprint density at radius 3 is 1.61 bits per heavy atom. The van der Waals surface area contributed by atoms with E-state index < -0.39 is 39.2 Å². The number of halogens is 5. The predicted molar refractivity (Wildman–Crippen MR) is 64.4 cm³/mol. The number of rotatable bonds is 1. The molecule has 0 heterocycles. The molecule has 100 valence electrons. The molecule has 5 heteroatoms. The van der Waals surface area contributed by atoms with Crippen LogP contribution in [0.2, 0.25) is 0 Å². The summed E-state index contributed by atoms with van der Waals surface area (Å²) in [6, 6.07) is 0. The van der Waals surface area contributed by atoms with Crippen LogP contribution in [0.5, 0.6) is 0 Å². The molecule has 18 heavy (non-hydrogen) atoms. The van der Waals surface area contributed by atoms with Gasteiger partial charge in [0, 0.05) is 5.56 Å². The van der Waals surface area contributed by atoms with E-state index in [1.54, 1.807) is 0 Å². The van der Waals surface area contributed by atoms with E-state index in [2.05, 4.69) is 15.9 Å². The summed E-state index contributed by atoms with van der Waals surface area (Å²) in [6.45, 7) is 0. The van der Waals surface area contributed by atoms with Crippen LogP contribution < -0.4 is 0 Å². The lowest BCUT2D eigenvalue weighted by molar-refractivity contribution is 0.410. The minimum Gasteiger partial charge on any atom is -0.203 e. The molecule has 1 aromatic rings. The molecule has 2 rings (SSSR count). The predicted octanol–water partition coefficient (Wildman–Crippen LogP) is 5.44. The van der Waals surface area contributed by atoms with Crippen LogP contribution in [0.3, 0.4) is 0 Å². The molecule has 0 aromatic heterocycles. The molecule has 0 saturated heterocycles. The second-order valence-corrected chi connectivity index (χ2v) is 5.47. The van der Waals surface area contributed by atoms with Gasteiger partial charge in [0.1, 0.15) is 0 Å². The third-order valence-electron chi connectivity index (χ3n) is 3.51. The molecule has 0 bridgehead atoms. The Hall–Kier alpha value is -0.580. The first kappa shape index (κ1) is 13.8. The lowest BCUT2D eigenvalue weighted by Crippen LogP contribution is -2.09. The summed E-state index contributed by atoms with van der Waals surface area (Å²) >= 11 is 2.52. The van der Waals surface area contributed by atoms with Gasteiger partial charge in [0.25, 0.3) is 0 Å². The Morgan fingerprint density at radius 2 is 1.17 bits per heavy atom. The van der Waals surface area contributed by atoms with Crippen molar-refractivity contribution in [2.24, 2.45) is 0 Å². The largest absolute Gasteiger partial charge is 0.203 e. The summed E-state index contributed by atoms with van der Waals surface area (Å²) in [5, 5.41) is 0. The SMILES string of the molecule is Fc1c(F)c(C2CCCCCC2)c(F)c(F)c1Br. The van der Waals surface area contributed by atoms with E-state index in [-0.39, 0.29) is 0 Å². The van der Waals surface area contributed by atoms with Crippen LogP contribution in [-0.2, 0) is 0 Å². The van der Waals surface area contributed by atoms with Crippen LogP contribution in [0.25, 0.3) is 0 Å². The second-order valence-electron chi connectivity index (χ2n) is 4.67. The highest BCUT2D eigenvalue weighted by molar-refractivity contribution is 9.10. The van der Waals surface area contributed by atoms with Gasteiger partial charge in [0.15, 0.2) is 23.3 Å². The van der Waals surface area contributed by atoms with E-state index >= 15 is 0 Å². The van der Waals surface area contributed by atoms with Gasteiger partial charge in [-0.15, -0.1) is 0 Å². The van der Waals surface area contributed by atoms with Crippen molar-refractivity contribution in [3.63, 3.8) is 0 Å². The van der Waals surface area contributed by atoms with E-state index in [4.69, 9.17) is 0 Å². The number of hydrogen-bond donors (Lipinski definition) is 0. The molecule has 0 radical (unpaired) electrons. The molecule has 0 spiro atoms. The highest BCUT2D eigenvalue weighted by Crippen LogP contribution is 2.38. The fourth-order valence-electron chi connectivity index (χ4n) is 2.55. The Bertz CT molecular complexity index is 422. The molecule has 1 aromatic carbocycles. The Balaban J connectivity index is 2.49. The van der Waals surface area contributed by atoms with Crippen LogP contribution in [0.4, 0.5) is 17.6 Å². The molecule has 0 atom stereocenters. The molecule has 1 aliphatic rings. The maximum Gasteiger partial charge on any atom is 0.176 e. The van der Waals surface area contributed by atoms with E-state index in [0.717, 1.165) is 25.7 Å². The molecule has 1 fully saturated rings. The van der Waals surface area contributed by atoms with E-state index in [9.17, 15) is 17.6 Å². The normalized spacial score (nSPS) is 17.8. The topological polar surface area (TPSA) is 0 Å². The van der Waals surface area contributed by atoms with Crippen molar-refractivity contribution in [2.45, 2.75) is 44.4 Å². The van der Waals surface area contributed by atoms with Crippen molar-refractivity contribution >= 4 is 15.9 Å². The van der Waals surface area contributed by atoms with E-state index in [0.29, 0.717) is 12.8 Å². The van der Waals surface area contributed by atoms with Crippen molar-refractivity contribution in [2.75, 3.05) is 0 Å². The summed E-state index contributed by atoms with van der Waals surface area (Å²) in [7, 11) is 0. The maximum absolute atomic E-state index is 13.8. The molecule has 0 aliphatic heterocycles. The molecule has 0 nitrogen and oxygen atoms in total. The fraction of sp³-hybridized carbons (Fsp3) is 0.538. The highest BCUT2D eigenvalue weighted by atomic mass is 79.9.